The average Bonchev–Trinajstić information content (AvgIpc) is 2.60. The van der Waals surface area contributed by atoms with E-state index in [1.165, 1.54) is 5.56 Å². The highest BCUT2D eigenvalue weighted by molar-refractivity contribution is 5.95. The van der Waals surface area contributed by atoms with Gasteiger partial charge >= 0.3 is 0 Å². The van der Waals surface area contributed by atoms with Crippen molar-refractivity contribution in [2.24, 2.45) is 11.0 Å². The molecule has 0 unspecified atom stereocenters. The number of hydrogen-bond donors (Lipinski definition) is 1. The van der Waals surface area contributed by atoms with E-state index >= 15 is 0 Å². The third kappa shape index (κ3) is 6.07. The Morgan fingerprint density at radius 3 is 2.24 bits per heavy atom. The van der Waals surface area contributed by atoms with Crippen molar-refractivity contribution in [2.45, 2.75) is 33.6 Å². The SMILES string of the molecule is CC(C)COc1ccc(C(=O)N/N=C/c2ccc(C(C)C)cc2)cc1. The van der Waals surface area contributed by atoms with Crippen LogP contribution in [-0.2, 0) is 0 Å². The monoisotopic (exact) mass is 338 g/mol. The molecule has 1 amide bonds. The highest BCUT2D eigenvalue weighted by atomic mass is 16.5. The molecule has 4 nitrogen and oxygen atoms in total. The first-order valence-electron chi connectivity index (χ1n) is 8.62. The molecule has 0 aliphatic carbocycles. The Morgan fingerprint density at radius 1 is 1.04 bits per heavy atom. The lowest BCUT2D eigenvalue weighted by molar-refractivity contribution is 0.0955. The Balaban J connectivity index is 1.88. The molecule has 0 radical (unpaired) electrons. The molecule has 0 spiro atoms. The maximum atomic E-state index is 12.1. The lowest BCUT2D eigenvalue weighted by Crippen LogP contribution is -2.17. The van der Waals surface area contributed by atoms with E-state index in [0.29, 0.717) is 24.0 Å². The molecule has 0 saturated heterocycles. The van der Waals surface area contributed by atoms with Gasteiger partial charge in [-0.15, -0.1) is 0 Å². The molecule has 2 aromatic rings. The van der Waals surface area contributed by atoms with Crippen molar-refractivity contribution in [3.8, 4) is 5.75 Å². The van der Waals surface area contributed by atoms with Crippen LogP contribution in [0, 0.1) is 5.92 Å². The molecule has 2 aromatic carbocycles. The normalized spacial score (nSPS) is 11.3. The maximum Gasteiger partial charge on any atom is 0.271 e. The number of carbonyl (C=O) groups excluding carboxylic acids is 1. The van der Waals surface area contributed by atoms with Crippen LogP contribution in [0.1, 0.15) is 55.1 Å². The van der Waals surface area contributed by atoms with Crippen LogP contribution in [-0.4, -0.2) is 18.7 Å². The predicted octanol–water partition coefficient (Wildman–Crippen LogP) is 4.61. The van der Waals surface area contributed by atoms with Crippen LogP contribution in [0.2, 0.25) is 0 Å². The minimum absolute atomic E-state index is 0.245. The van der Waals surface area contributed by atoms with Gasteiger partial charge in [-0.25, -0.2) is 5.43 Å². The lowest BCUT2D eigenvalue weighted by Gasteiger charge is -2.08. The highest BCUT2D eigenvalue weighted by Gasteiger charge is 2.05. The average molecular weight is 338 g/mol. The van der Waals surface area contributed by atoms with Gasteiger partial charge in [0.25, 0.3) is 5.91 Å². The van der Waals surface area contributed by atoms with Crippen molar-refractivity contribution >= 4 is 12.1 Å². The number of carbonyl (C=O) groups is 1. The smallest absolute Gasteiger partial charge is 0.271 e. The molecule has 25 heavy (non-hydrogen) atoms. The van der Waals surface area contributed by atoms with Gasteiger partial charge in [0.1, 0.15) is 5.75 Å². The van der Waals surface area contributed by atoms with Gasteiger partial charge < -0.3 is 4.74 Å². The number of rotatable bonds is 7. The van der Waals surface area contributed by atoms with Crippen LogP contribution in [0.3, 0.4) is 0 Å². The van der Waals surface area contributed by atoms with E-state index in [1.54, 1.807) is 30.5 Å². The van der Waals surface area contributed by atoms with Crippen LogP contribution >= 0.6 is 0 Å². The molecule has 0 bridgehead atoms. The molecule has 4 heteroatoms. The minimum Gasteiger partial charge on any atom is -0.493 e. The standard InChI is InChI=1S/C21H26N2O2/c1-15(2)14-25-20-11-9-19(10-12-20)21(24)23-22-13-17-5-7-18(8-6-17)16(3)4/h5-13,15-16H,14H2,1-4H3,(H,23,24)/b22-13+. The van der Waals surface area contributed by atoms with Crippen molar-refractivity contribution in [1.29, 1.82) is 0 Å². The number of benzene rings is 2. The van der Waals surface area contributed by atoms with Gasteiger partial charge in [-0.3, -0.25) is 4.79 Å². The molecule has 0 heterocycles. The third-order valence-electron chi connectivity index (χ3n) is 3.68. The van der Waals surface area contributed by atoms with E-state index in [4.69, 9.17) is 4.74 Å². The van der Waals surface area contributed by atoms with E-state index in [1.807, 2.05) is 12.1 Å². The summed E-state index contributed by atoms with van der Waals surface area (Å²) in [4.78, 5) is 12.1. The third-order valence-corrected chi connectivity index (χ3v) is 3.68. The zero-order valence-electron chi connectivity index (χ0n) is 15.3. The number of hydrazone groups is 1. The van der Waals surface area contributed by atoms with Gasteiger partial charge in [0.15, 0.2) is 0 Å². The lowest BCUT2D eigenvalue weighted by atomic mass is 10.0. The van der Waals surface area contributed by atoms with E-state index in [9.17, 15) is 4.79 Å². The molecule has 2 rings (SSSR count). The van der Waals surface area contributed by atoms with E-state index in [2.05, 4.69) is 50.4 Å². The Hall–Kier alpha value is -2.62. The van der Waals surface area contributed by atoms with Gasteiger partial charge in [-0.1, -0.05) is 52.0 Å². The number of hydrogen-bond acceptors (Lipinski definition) is 3. The van der Waals surface area contributed by atoms with Crippen molar-refractivity contribution < 1.29 is 9.53 Å². The number of ether oxygens (including phenoxy) is 1. The zero-order valence-corrected chi connectivity index (χ0v) is 15.3. The predicted molar refractivity (Wildman–Crippen MR) is 102 cm³/mol. The molecule has 1 N–H and O–H groups in total. The van der Waals surface area contributed by atoms with Crippen LogP contribution in [0.15, 0.2) is 53.6 Å². The maximum absolute atomic E-state index is 12.1. The topological polar surface area (TPSA) is 50.7 Å². The molecule has 0 atom stereocenters. The van der Waals surface area contributed by atoms with Gasteiger partial charge in [-0.2, -0.15) is 5.10 Å². The quantitative estimate of drug-likeness (QED) is 0.592. The van der Waals surface area contributed by atoms with Gasteiger partial charge in [0.05, 0.1) is 12.8 Å². The molecule has 0 aliphatic heterocycles. The number of nitrogens with one attached hydrogen (secondary N) is 1. The Labute approximate surface area is 149 Å². The fourth-order valence-corrected chi connectivity index (χ4v) is 2.16. The molecular weight excluding hydrogens is 312 g/mol. The van der Waals surface area contributed by atoms with Crippen molar-refractivity contribution in [1.82, 2.24) is 5.43 Å². The fraction of sp³-hybridized carbons (Fsp3) is 0.333. The molecule has 0 fully saturated rings. The molecular formula is C21H26N2O2. The largest absolute Gasteiger partial charge is 0.493 e. The van der Waals surface area contributed by atoms with E-state index in [-0.39, 0.29) is 5.91 Å². The molecule has 0 aromatic heterocycles. The van der Waals surface area contributed by atoms with Crippen LogP contribution < -0.4 is 10.2 Å². The molecule has 0 aliphatic rings. The summed E-state index contributed by atoms with van der Waals surface area (Å²) < 4.78 is 5.61. The minimum atomic E-state index is -0.245. The summed E-state index contributed by atoms with van der Waals surface area (Å²) in [6.45, 7) is 9.16. The summed E-state index contributed by atoms with van der Waals surface area (Å²) in [5, 5.41) is 4.02. The van der Waals surface area contributed by atoms with Gasteiger partial charge in [0, 0.05) is 5.56 Å². The van der Waals surface area contributed by atoms with Crippen molar-refractivity contribution in [3.63, 3.8) is 0 Å². The van der Waals surface area contributed by atoms with Crippen molar-refractivity contribution in [3.05, 3.63) is 65.2 Å². The first-order chi connectivity index (χ1) is 12.0. The Kier molecular flexibility index (Phi) is 6.75. The Bertz CT molecular complexity index is 702. The summed E-state index contributed by atoms with van der Waals surface area (Å²) in [6, 6.07) is 15.2. The second-order valence-corrected chi connectivity index (χ2v) is 6.75. The van der Waals surface area contributed by atoms with E-state index < -0.39 is 0 Å². The number of nitrogens with zero attached hydrogens (tertiary/aromatic N) is 1. The first kappa shape index (κ1) is 18.7. The summed E-state index contributed by atoms with van der Waals surface area (Å²) in [6.07, 6.45) is 1.64. The van der Waals surface area contributed by atoms with Crippen LogP contribution in [0.5, 0.6) is 5.75 Å². The first-order valence-corrected chi connectivity index (χ1v) is 8.62. The second-order valence-electron chi connectivity index (χ2n) is 6.75. The van der Waals surface area contributed by atoms with Crippen LogP contribution in [0.25, 0.3) is 0 Å². The Morgan fingerprint density at radius 2 is 1.68 bits per heavy atom. The number of amides is 1. The van der Waals surface area contributed by atoms with Gasteiger partial charge in [0.2, 0.25) is 0 Å². The highest BCUT2D eigenvalue weighted by Crippen LogP contribution is 2.14. The second kappa shape index (κ2) is 9.02. The summed E-state index contributed by atoms with van der Waals surface area (Å²) >= 11 is 0. The molecule has 132 valence electrons. The molecule has 0 saturated carbocycles. The summed E-state index contributed by atoms with van der Waals surface area (Å²) in [5.74, 6) is 1.48. The van der Waals surface area contributed by atoms with Crippen molar-refractivity contribution in [2.75, 3.05) is 6.61 Å². The fourth-order valence-electron chi connectivity index (χ4n) is 2.16. The van der Waals surface area contributed by atoms with E-state index in [0.717, 1.165) is 11.3 Å². The van der Waals surface area contributed by atoms with Gasteiger partial charge in [-0.05, 0) is 47.2 Å². The summed E-state index contributed by atoms with van der Waals surface area (Å²) in [7, 11) is 0. The zero-order chi connectivity index (χ0) is 18.2. The van der Waals surface area contributed by atoms with Crippen LogP contribution in [0.4, 0.5) is 0 Å². The summed E-state index contributed by atoms with van der Waals surface area (Å²) in [5.41, 5.74) is 5.31.